The van der Waals surface area contributed by atoms with Gasteiger partial charge in [-0.1, -0.05) is 35.3 Å². The van der Waals surface area contributed by atoms with E-state index in [1.807, 2.05) is 0 Å². The highest BCUT2D eigenvalue weighted by Gasteiger charge is 2.62. The molecule has 19 heteroatoms. The summed E-state index contributed by atoms with van der Waals surface area (Å²) in [4.78, 5) is 41.1. The first-order valence-electron chi connectivity index (χ1n) is 18.8. The Hall–Kier alpha value is -5.58. The van der Waals surface area contributed by atoms with Gasteiger partial charge in [0.25, 0.3) is 5.91 Å². The van der Waals surface area contributed by atoms with Gasteiger partial charge in [0, 0.05) is 55.5 Å². The van der Waals surface area contributed by atoms with E-state index in [0.29, 0.717) is 76.2 Å². The number of benzene rings is 2. The Morgan fingerprint density at radius 1 is 1.02 bits per heavy atom. The maximum atomic E-state index is 15.6. The van der Waals surface area contributed by atoms with Crippen LogP contribution in [-0.4, -0.2) is 81.9 Å². The number of halogens is 7. The second-order valence-electron chi connectivity index (χ2n) is 15.2. The molecule has 2 aliphatic carbocycles. The molecule has 5 aromatic rings. The SMILES string of the molecule is O=C(Cn1nc(C(F)(F)F)c2c1C(F)(F)[C@@H]1C#C[C@H]21)N[C@@H](Cc1cc(F)cc(F)c1)c1nc2nc(N3CCN(C4COC4)CC3)sc2cc1-c1ccc2c(c1)C(=O)NC2. The number of pyridine rings is 1. The summed E-state index contributed by atoms with van der Waals surface area (Å²) in [5, 5.41) is 9.65. The second kappa shape index (κ2) is 13.7. The molecule has 5 aliphatic rings. The van der Waals surface area contributed by atoms with E-state index in [9.17, 15) is 31.5 Å². The number of piperazine rings is 1. The molecule has 0 unspecified atom stereocenters. The number of aromatic nitrogens is 4. The zero-order valence-electron chi connectivity index (χ0n) is 30.7. The first-order valence-corrected chi connectivity index (χ1v) is 19.6. The maximum Gasteiger partial charge on any atom is 0.435 e. The number of alkyl halides is 5. The van der Waals surface area contributed by atoms with Crippen LogP contribution in [0.1, 0.15) is 56.1 Å². The van der Waals surface area contributed by atoms with E-state index >= 15 is 8.78 Å². The Labute approximate surface area is 334 Å². The Kier molecular flexibility index (Phi) is 8.78. The van der Waals surface area contributed by atoms with Crippen LogP contribution >= 0.6 is 11.3 Å². The van der Waals surface area contributed by atoms with Crippen LogP contribution in [0.3, 0.4) is 0 Å². The minimum absolute atomic E-state index is 0.0854. The Bertz CT molecular complexity index is 2620. The van der Waals surface area contributed by atoms with Gasteiger partial charge in [-0.2, -0.15) is 32.0 Å². The Balaban J connectivity index is 1.05. The van der Waals surface area contributed by atoms with Crippen molar-refractivity contribution in [1.82, 2.24) is 35.3 Å². The van der Waals surface area contributed by atoms with Gasteiger partial charge in [0.2, 0.25) is 5.91 Å². The van der Waals surface area contributed by atoms with Crippen molar-refractivity contribution in [3.05, 3.63) is 93.4 Å². The van der Waals surface area contributed by atoms with Gasteiger partial charge in [-0.15, -0.1) is 0 Å². The fourth-order valence-corrected chi connectivity index (χ4v) is 9.53. The molecule has 11 nitrogen and oxygen atoms in total. The fourth-order valence-electron chi connectivity index (χ4n) is 8.53. The lowest BCUT2D eigenvalue weighted by atomic mass is 9.84. The number of carbonyl (C=O) groups excluding carboxylic acids is 2. The highest BCUT2D eigenvalue weighted by atomic mass is 32.1. The molecule has 3 atom stereocenters. The van der Waals surface area contributed by atoms with Gasteiger partial charge in [-0.3, -0.25) is 19.2 Å². The molecule has 2 amide bonds. The number of amides is 2. The first kappa shape index (κ1) is 37.7. The predicted octanol–water partition coefficient (Wildman–Crippen LogP) is 5.54. The van der Waals surface area contributed by atoms with E-state index < -0.39 is 71.0 Å². The van der Waals surface area contributed by atoms with Crippen molar-refractivity contribution in [3.63, 3.8) is 0 Å². The lowest BCUT2D eigenvalue weighted by Crippen LogP contribution is -2.56. The standard InChI is InChI=1S/C40H31F7N8O3S/c41-22-9-19(10-23(42)13-22)11-29(49-31(56)16-55-35-32(34(52-55)40(45,46)47)25-3-4-28(25)39(35,43)44)33-26(20-1-2-21-15-48-37(57)27(21)12-20)14-30-36(50-33)51-38(59-30)54-7-5-53(6-8-54)24-17-58-18-24/h1-2,9-10,12-14,24-25,28-29H,5-8,11,15-18H2,(H,48,57)(H,49,56)/t25-,28+,29-/m0/s1. The summed E-state index contributed by atoms with van der Waals surface area (Å²) in [6.45, 7) is 3.64. The monoisotopic (exact) mass is 836 g/mol. The lowest BCUT2D eigenvalue weighted by molar-refractivity contribution is -0.142. The molecule has 2 N–H and O–H groups in total. The number of anilines is 1. The Morgan fingerprint density at radius 2 is 1.78 bits per heavy atom. The number of fused-ring (bicyclic) bond motifs is 5. The lowest BCUT2D eigenvalue weighted by Gasteiger charge is -2.42. The van der Waals surface area contributed by atoms with Crippen LogP contribution in [0.4, 0.5) is 35.9 Å². The largest absolute Gasteiger partial charge is 0.435 e. The third-order valence-electron chi connectivity index (χ3n) is 11.6. The molecule has 0 saturated carbocycles. The molecule has 0 bridgehead atoms. The van der Waals surface area contributed by atoms with Crippen LogP contribution in [-0.2, 0) is 41.1 Å². The molecule has 2 aromatic carbocycles. The molecule has 3 aromatic heterocycles. The van der Waals surface area contributed by atoms with E-state index in [1.165, 1.54) is 11.3 Å². The smallest absolute Gasteiger partial charge is 0.378 e. The van der Waals surface area contributed by atoms with Gasteiger partial charge in [0.1, 0.15) is 29.8 Å². The van der Waals surface area contributed by atoms with Crippen molar-refractivity contribution >= 4 is 38.6 Å². The molecule has 304 valence electrons. The Morgan fingerprint density at radius 3 is 2.46 bits per heavy atom. The van der Waals surface area contributed by atoms with Crippen LogP contribution in [0.2, 0.25) is 0 Å². The average Bonchev–Trinajstić information content (AvgIpc) is 3.87. The number of hydrogen-bond donors (Lipinski definition) is 2. The molecule has 10 rings (SSSR count). The summed E-state index contributed by atoms with van der Waals surface area (Å²) in [6.07, 6.45) is -5.40. The average molecular weight is 837 g/mol. The van der Waals surface area contributed by atoms with Crippen molar-refractivity contribution < 1.29 is 45.1 Å². The fraction of sp³-hybridized carbons (Fsp3) is 0.375. The normalized spacial score (nSPS) is 21.2. The molecule has 3 aliphatic heterocycles. The topological polar surface area (TPSA) is 118 Å². The van der Waals surface area contributed by atoms with Crippen molar-refractivity contribution in [2.24, 2.45) is 5.92 Å². The summed E-state index contributed by atoms with van der Waals surface area (Å²) >= 11 is 1.39. The minimum Gasteiger partial charge on any atom is -0.378 e. The molecular weight excluding hydrogens is 806 g/mol. The minimum atomic E-state index is -5.11. The summed E-state index contributed by atoms with van der Waals surface area (Å²) < 4.78 is 109. The van der Waals surface area contributed by atoms with Crippen molar-refractivity contribution in [2.45, 2.75) is 49.6 Å². The van der Waals surface area contributed by atoms with Crippen molar-refractivity contribution in [1.29, 1.82) is 0 Å². The molecule has 0 radical (unpaired) electrons. The maximum absolute atomic E-state index is 15.6. The number of rotatable bonds is 9. The van der Waals surface area contributed by atoms with E-state index in [-0.39, 0.29) is 29.2 Å². The van der Waals surface area contributed by atoms with E-state index in [1.54, 1.807) is 24.3 Å². The van der Waals surface area contributed by atoms with Gasteiger partial charge in [0.15, 0.2) is 16.5 Å². The zero-order valence-corrected chi connectivity index (χ0v) is 31.5. The van der Waals surface area contributed by atoms with Crippen LogP contribution in [0.15, 0.2) is 42.5 Å². The van der Waals surface area contributed by atoms with Crippen LogP contribution in [0.25, 0.3) is 21.5 Å². The summed E-state index contributed by atoms with van der Waals surface area (Å²) in [7, 11) is 0. The van der Waals surface area contributed by atoms with Gasteiger partial charge >= 0.3 is 12.1 Å². The van der Waals surface area contributed by atoms with Crippen LogP contribution in [0, 0.1) is 29.4 Å². The van der Waals surface area contributed by atoms with Crippen LogP contribution < -0.4 is 15.5 Å². The van der Waals surface area contributed by atoms with Crippen molar-refractivity contribution in [2.75, 3.05) is 44.3 Å². The number of thiazole rings is 1. The molecule has 2 saturated heterocycles. The quantitative estimate of drug-likeness (QED) is 0.147. The molecule has 59 heavy (non-hydrogen) atoms. The van der Waals surface area contributed by atoms with Crippen LogP contribution in [0.5, 0.6) is 0 Å². The molecule has 2 fully saturated rings. The van der Waals surface area contributed by atoms with Crippen molar-refractivity contribution in [3.8, 4) is 23.0 Å². The highest BCUT2D eigenvalue weighted by molar-refractivity contribution is 7.22. The third kappa shape index (κ3) is 6.48. The van der Waals surface area contributed by atoms with E-state index in [4.69, 9.17) is 14.7 Å². The van der Waals surface area contributed by atoms with Gasteiger partial charge in [0.05, 0.1) is 41.6 Å². The summed E-state index contributed by atoms with van der Waals surface area (Å²) in [5.41, 5.74) is -0.721. The zero-order chi connectivity index (χ0) is 41.0. The van der Waals surface area contributed by atoms with Gasteiger partial charge in [-0.25, -0.2) is 13.8 Å². The highest BCUT2D eigenvalue weighted by Crippen LogP contribution is 2.58. The number of carbonyl (C=O) groups is 2. The summed E-state index contributed by atoms with van der Waals surface area (Å²) in [6, 6.07) is 8.92. The van der Waals surface area contributed by atoms with E-state index in [0.717, 1.165) is 30.8 Å². The number of ether oxygens (including phenoxy) is 1. The summed E-state index contributed by atoms with van der Waals surface area (Å²) in [5.74, 6) is -5.39. The number of nitrogens with one attached hydrogen (secondary N) is 2. The van der Waals surface area contributed by atoms with E-state index in [2.05, 4.69) is 37.4 Å². The van der Waals surface area contributed by atoms with Gasteiger partial charge in [-0.05, 0) is 47.4 Å². The van der Waals surface area contributed by atoms with Gasteiger partial charge < -0.3 is 20.3 Å². The molecule has 0 spiro atoms. The number of nitrogens with zero attached hydrogens (tertiary/aromatic N) is 6. The molecular formula is C40H31F7N8O3S. The molecule has 6 heterocycles. The predicted molar refractivity (Wildman–Crippen MR) is 198 cm³/mol. The second-order valence-corrected chi connectivity index (χ2v) is 16.3. The first-order chi connectivity index (χ1) is 28.2. The third-order valence-corrected chi connectivity index (χ3v) is 12.6. The number of hydrogen-bond acceptors (Lipinski definition) is 9.